The number of nitrogens with zero attached hydrogens (tertiary/aromatic N) is 1. The maximum Gasteiger partial charge on any atom is 0.259 e. The molecule has 1 amide bonds. The summed E-state index contributed by atoms with van der Waals surface area (Å²) in [6.45, 7) is 4.28. The van der Waals surface area contributed by atoms with Gasteiger partial charge in [-0.1, -0.05) is 92.7 Å². The van der Waals surface area contributed by atoms with Crippen molar-refractivity contribution in [2.45, 2.75) is 32.7 Å². The predicted octanol–water partition coefficient (Wildman–Crippen LogP) is 8.45. The second-order valence-electron chi connectivity index (χ2n) is 11.7. The van der Waals surface area contributed by atoms with Crippen molar-refractivity contribution in [3.8, 4) is 0 Å². The molecular weight excluding hydrogens is 492 g/mol. The zero-order chi connectivity index (χ0) is 27.4. The summed E-state index contributed by atoms with van der Waals surface area (Å²) >= 11 is 0. The van der Waals surface area contributed by atoms with Gasteiger partial charge in [0.25, 0.3) is 5.91 Å². The van der Waals surface area contributed by atoms with Crippen molar-refractivity contribution in [1.82, 2.24) is 0 Å². The van der Waals surface area contributed by atoms with Crippen LogP contribution in [0.2, 0.25) is 0 Å². The lowest BCUT2D eigenvalue weighted by atomic mass is 9.72. The topological polar surface area (TPSA) is 49.4 Å². The van der Waals surface area contributed by atoms with E-state index in [4.69, 9.17) is 0 Å². The summed E-state index contributed by atoms with van der Waals surface area (Å²) in [5.41, 5.74) is 4.55. The van der Waals surface area contributed by atoms with Crippen LogP contribution < -0.4 is 10.2 Å². The van der Waals surface area contributed by atoms with E-state index in [9.17, 15) is 9.59 Å². The van der Waals surface area contributed by atoms with E-state index in [0.29, 0.717) is 17.6 Å². The standard InChI is InChI=1S/C36H30N2O2/c1-36(2)21-29-33(31(39)22-36)34(32-26-16-8-6-14-24(26)20-25-15-7-9-17-27(25)32)38(30-19-11-10-18-28(30)37-29)35(40)23-12-4-3-5-13-23/h3-20,34,37H,21-22H2,1-2H3/t34-/m1/s1. The van der Waals surface area contributed by atoms with Gasteiger partial charge in [-0.3, -0.25) is 14.5 Å². The molecule has 4 heteroatoms. The van der Waals surface area contributed by atoms with Gasteiger partial charge < -0.3 is 5.32 Å². The van der Waals surface area contributed by atoms with E-state index in [1.807, 2.05) is 83.8 Å². The van der Waals surface area contributed by atoms with E-state index in [-0.39, 0.29) is 17.1 Å². The molecule has 0 bridgehead atoms. The van der Waals surface area contributed by atoms with E-state index in [0.717, 1.165) is 50.6 Å². The molecule has 5 aromatic rings. The molecule has 0 unspecified atom stereocenters. The molecule has 196 valence electrons. The molecule has 1 heterocycles. The van der Waals surface area contributed by atoms with E-state index >= 15 is 0 Å². The number of ketones is 1. The molecule has 0 aromatic heterocycles. The highest BCUT2D eigenvalue weighted by atomic mass is 16.2. The van der Waals surface area contributed by atoms with Gasteiger partial charge in [0.15, 0.2) is 5.78 Å². The molecule has 5 aromatic carbocycles. The fourth-order valence-corrected chi connectivity index (χ4v) is 6.55. The van der Waals surface area contributed by atoms with E-state index in [1.165, 1.54) is 0 Å². The quantitative estimate of drug-likeness (QED) is 0.237. The molecule has 4 nitrogen and oxygen atoms in total. The number of allylic oxidation sites excluding steroid dienone is 1. The average Bonchev–Trinajstić information content (AvgIpc) is 3.09. The minimum absolute atomic E-state index is 0.0828. The van der Waals surface area contributed by atoms with Crippen molar-refractivity contribution in [2.75, 3.05) is 10.2 Å². The third-order valence-electron chi connectivity index (χ3n) is 8.23. The largest absolute Gasteiger partial charge is 0.357 e. The van der Waals surface area contributed by atoms with Crippen molar-refractivity contribution in [1.29, 1.82) is 0 Å². The van der Waals surface area contributed by atoms with Crippen LogP contribution in [0.15, 0.2) is 120 Å². The highest BCUT2D eigenvalue weighted by Crippen LogP contribution is 2.51. The lowest BCUT2D eigenvalue weighted by Gasteiger charge is -2.38. The van der Waals surface area contributed by atoms with Crippen LogP contribution in [0.5, 0.6) is 0 Å². The van der Waals surface area contributed by atoms with Crippen LogP contribution in [-0.4, -0.2) is 11.7 Å². The molecule has 0 spiro atoms. The summed E-state index contributed by atoms with van der Waals surface area (Å²) < 4.78 is 0. The molecule has 1 aliphatic heterocycles. The highest BCUT2D eigenvalue weighted by Gasteiger charge is 2.44. The van der Waals surface area contributed by atoms with Gasteiger partial charge in [-0.05, 0) is 69.3 Å². The number of nitrogens with one attached hydrogen (secondary N) is 1. The van der Waals surface area contributed by atoms with Crippen LogP contribution in [-0.2, 0) is 4.79 Å². The van der Waals surface area contributed by atoms with Crippen molar-refractivity contribution < 1.29 is 9.59 Å². The van der Waals surface area contributed by atoms with E-state index in [2.05, 4.69) is 49.5 Å². The fraction of sp³-hybridized carbons (Fsp3) is 0.167. The van der Waals surface area contributed by atoms with Crippen LogP contribution in [0, 0.1) is 5.41 Å². The minimum Gasteiger partial charge on any atom is -0.357 e. The Morgan fingerprint density at radius 2 is 1.38 bits per heavy atom. The highest BCUT2D eigenvalue weighted by molar-refractivity contribution is 6.14. The van der Waals surface area contributed by atoms with Crippen molar-refractivity contribution in [3.63, 3.8) is 0 Å². The molecule has 7 rings (SSSR count). The lowest BCUT2D eigenvalue weighted by molar-refractivity contribution is -0.118. The first kappa shape index (κ1) is 24.3. The second kappa shape index (κ2) is 9.20. The number of Topliss-reactive ketones (excluding diaryl/α,β-unsaturated/α-hetero) is 1. The summed E-state index contributed by atoms with van der Waals surface area (Å²) in [5, 5.41) is 7.90. The molecule has 1 N–H and O–H groups in total. The van der Waals surface area contributed by atoms with Crippen LogP contribution >= 0.6 is 0 Å². The minimum atomic E-state index is -0.613. The molecule has 0 saturated heterocycles. The van der Waals surface area contributed by atoms with Gasteiger partial charge >= 0.3 is 0 Å². The second-order valence-corrected chi connectivity index (χ2v) is 11.7. The predicted molar refractivity (Wildman–Crippen MR) is 163 cm³/mol. The zero-order valence-electron chi connectivity index (χ0n) is 22.6. The summed E-state index contributed by atoms with van der Waals surface area (Å²) in [4.78, 5) is 30.8. The number of hydrogen-bond donors (Lipinski definition) is 1. The normalized spacial score (nSPS) is 18.2. The van der Waals surface area contributed by atoms with Gasteiger partial charge in [0.2, 0.25) is 0 Å². The number of fused-ring (bicyclic) bond motifs is 3. The summed E-state index contributed by atoms with van der Waals surface area (Å²) in [6.07, 6.45) is 1.14. The smallest absolute Gasteiger partial charge is 0.259 e. The third-order valence-corrected chi connectivity index (χ3v) is 8.23. The Kier molecular flexibility index (Phi) is 5.60. The monoisotopic (exact) mass is 522 g/mol. The van der Waals surface area contributed by atoms with Gasteiger partial charge in [0.05, 0.1) is 17.4 Å². The number of carbonyl (C=O) groups is 2. The fourth-order valence-electron chi connectivity index (χ4n) is 6.55. The Morgan fingerprint density at radius 3 is 2.08 bits per heavy atom. The molecule has 2 aliphatic rings. The number of para-hydroxylation sites is 2. The maximum absolute atomic E-state index is 14.6. The van der Waals surface area contributed by atoms with Gasteiger partial charge in [0.1, 0.15) is 0 Å². The van der Waals surface area contributed by atoms with Crippen LogP contribution in [0.1, 0.15) is 48.7 Å². The number of hydrogen-bond acceptors (Lipinski definition) is 3. The first-order valence-electron chi connectivity index (χ1n) is 13.8. The first-order chi connectivity index (χ1) is 19.4. The van der Waals surface area contributed by atoms with Gasteiger partial charge in [-0.15, -0.1) is 0 Å². The van der Waals surface area contributed by atoms with E-state index in [1.54, 1.807) is 0 Å². The Hall–Kier alpha value is -4.70. The Morgan fingerprint density at radius 1 is 0.775 bits per heavy atom. The summed E-state index contributed by atoms with van der Waals surface area (Å²) in [7, 11) is 0. The Balaban J connectivity index is 1.63. The van der Waals surface area contributed by atoms with Crippen LogP contribution in [0.3, 0.4) is 0 Å². The molecule has 0 fully saturated rings. The lowest BCUT2D eigenvalue weighted by Crippen LogP contribution is -2.39. The molecule has 1 atom stereocenters. The first-order valence-corrected chi connectivity index (χ1v) is 13.8. The number of rotatable bonds is 2. The zero-order valence-corrected chi connectivity index (χ0v) is 22.6. The SMILES string of the molecule is CC1(C)CC(=O)C2=C(C1)Nc1ccccc1N(C(=O)c1ccccc1)[C@@H]2c1c2ccccc2cc2ccccc12. The van der Waals surface area contributed by atoms with Crippen LogP contribution in [0.4, 0.5) is 11.4 Å². The Labute approximate surface area is 233 Å². The van der Waals surface area contributed by atoms with Gasteiger partial charge in [-0.25, -0.2) is 0 Å². The van der Waals surface area contributed by atoms with Crippen molar-refractivity contribution in [2.24, 2.45) is 5.41 Å². The van der Waals surface area contributed by atoms with Crippen molar-refractivity contribution in [3.05, 3.63) is 132 Å². The van der Waals surface area contributed by atoms with Crippen LogP contribution in [0.25, 0.3) is 21.5 Å². The average molecular weight is 523 g/mol. The van der Waals surface area contributed by atoms with Crippen molar-refractivity contribution >= 4 is 44.6 Å². The molecular formula is C36H30N2O2. The number of carbonyl (C=O) groups excluding carboxylic acids is 2. The molecule has 0 saturated carbocycles. The van der Waals surface area contributed by atoms with E-state index < -0.39 is 6.04 Å². The van der Waals surface area contributed by atoms with Gasteiger partial charge in [-0.2, -0.15) is 0 Å². The number of amides is 1. The summed E-state index contributed by atoms with van der Waals surface area (Å²) in [6, 6.07) is 35.5. The maximum atomic E-state index is 14.6. The third kappa shape index (κ3) is 3.91. The van der Waals surface area contributed by atoms with Gasteiger partial charge in [0, 0.05) is 23.3 Å². The molecule has 0 radical (unpaired) electrons. The summed E-state index contributed by atoms with van der Waals surface area (Å²) in [5.74, 6) is -0.0531. The Bertz CT molecular complexity index is 1800. The number of anilines is 2. The molecule has 40 heavy (non-hydrogen) atoms. The molecule has 1 aliphatic carbocycles. The number of benzene rings is 5.